The van der Waals surface area contributed by atoms with Crippen molar-refractivity contribution >= 4 is 0 Å². The van der Waals surface area contributed by atoms with Crippen LogP contribution in [0, 0.1) is 5.92 Å². The summed E-state index contributed by atoms with van der Waals surface area (Å²) >= 11 is 0. The van der Waals surface area contributed by atoms with Gasteiger partial charge in [-0.15, -0.1) is 0 Å². The minimum absolute atomic E-state index is 0.616. The maximum absolute atomic E-state index is 6.02. The van der Waals surface area contributed by atoms with Crippen LogP contribution in [0.5, 0.6) is 0 Å². The highest BCUT2D eigenvalue weighted by Gasteiger charge is 2.18. The highest BCUT2D eigenvalue weighted by Crippen LogP contribution is 2.26. The Balaban J connectivity index is 1.60. The molecular formula is C13H24O. The molecule has 0 unspecified atom stereocenters. The second kappa shape index (κ2) is 5.75. The van der Waals surface area contributed by atoms with E-state index in [1.165, 1.54) is 64.2 Å². The van der Waals surface area contributed by atoms with Crippen LogP contribution in [-0.2, 0) is 4.74 Å². The van der Waals surface area contributed by atoms with Crippen LogP contribution >= 0.6 is 0 Å². The zero-order chi connectivity index (χ0) is 9.64. The fraction of sp³-hybridized carbons (Fsp3) is 1.00. The van der Waals surface area contributed by atoms with E-state index in [0.29, 0.717) is 6.10 Å². The van der Waals surface area contributed by atoms with Crippen LogP contribution in [0.1, 0.15) is 64.2 Å². The third-order valence-corrected chi connectivity index (χ3v) is 3.84. The first-order chi connectivity index (χ1) is 6.95. The van der Waals surface area contributed by atoms with Crippen molar-refractivity contribution in [3.8, 4) is 0 Å². The Morgan fingerprint density at radius 3 is 1.93 bits per heavy atom. The summed E-state index contributed by atoms with van der Waals surface area (Å²) in [6.07, 6.45) is 14.7. The quantitative estimate of drug-likeness (QED) is 0.665. The van der Waals surface area contributed by atoms with Crippen molar-refractivity contribution in [2.24, 2.45) is 5.92 Å². The average Bonchev–Trinajstić information content (AvgIpc) is 2.29. The van der Waals surface area contributed by atoms with Gasteiger partial charge in [0.1, 0.15) is 0 Å². The van der Waals surface area contributed by atoms with Gasteiger partial charge in [0.15, 0.2) is 0 Å². The molecule has 2 rings (SSSR count). The Morgan fingerprint density at radius 1 is 0.714 bits per heavy atom. The van der Waals surface area contributed by atoms with Gasteiger partial charge < -0.3 is 4.74 Å². The molecule has 0 aliphatic heterocycles. The van der Waals surface area contributed by atoms with Crippen molar-refractivity contribution in [2.45, 2.75) is 70.3 Å². The molecule has 0 atom stereocenters. The minimum atomic E-state index is 0.616. The zero-order valence-electron chi connectivity index (χ0n) is 9.34. The lowest BCUT2D eigenvalue weighted by Crippen LogP contribution is -2.22. The van der Waals surface area contributed by atoms with Gasteiger partial charge in [-0.05, 0) is 31.6 Å². The smallest absolute Gasteiger partial charge is 0.0575 e. The number of hydrogen-bond donors (Lipinski definition) is 0. The Labute approximate surface area is 88.2 Å². The number of rotatable bonds is 3. The third-order valence-electron chi connectivity index (χ3n) is 3.84. The first-order valence-electron chi connectivity index (χ1n) is 6.57. The van der Waals surface area contributed by atoms with E-state index in [0.717, 1.165) is 12.5 Å². The maximum Gasteiger partial charge on any atom is 0.0575 e. The third kappa shape index (κ3) is 3.27. The molecule has 0 radical (unpaired) electrons. The van der Waals surface area contributed by atoms with Gasteiger partial charge >= 0.3 is 0 Å². The second-order valence-electron chi connectivity index (χ2n) is 5.10. The predicted molar refractivity (Wildman–Crippen MR) is 59.4 cm³/mol. The molecule has 0 bridgehead atoms. The SMILES string of the molecule is C1CCC(COC2CCCCC2)CC1. The Bertz CT molecular complexity index is 125. The van der Waals surface area contributed by atoms with Crippen molar-refractivity contribution < 1.29 is 4.74 Å². The molecule has 82 valence electrons. The first-order valence-corrected chi connectivity index (χ1v) is 6.57. The lowest BCUT2D eigenvalue weighted by molar-refractivity contribution is 0.00120. The monoisotopic (exact) mass is 196 g/mol. The van der Waals surface area contributed by atoms with E-state index < -0.39 is 0 Å². The molecule has 1 heteroatoms. The van der Waals surface area contributed by atoms with Gasteiger partial charge in [-0.25, -0.2) is 0 Å². The summed E-state index contributed by atoms with van der Waals surface area (Å²) in [6, 6.07) is 0. The summed E-state index contributed by atoms with van der Waals surface area (Å²) < 4.78 is 6.02. The summed E-state index contributed by atoms with van der Waals surface area (Å²) in [4.78, 5) is 0. The average molecular weight is 196 g/mol. The molecular weight excluding hydrogens is 172 g/mol. The van der Waals surface area contributed by atoms with E-state index in [1.54, 1.807) is 0 Å². The van der Waals surface area contributed by atoms with Crippen LogP contribution < -0.4 is 0 Å². The maximum atomic E-state index is 6.02. The van der Waals surface area contributed by atoms with Gasteiger partial charge in [-0.1, -0.05) is 38.5 Å². The first kappa shape index (κ1) is 10.5. The molecule has 0 heterocycles. The normalized spacial score (nSPS) is 26.6. The molecule has 0 aromatic carbocycles. The molecule has 14 heavy (non-hydrogen) atoms. The molecule has 0 aromatic rings. The number of hydrogen-bond acceptors (Lipinski definition) is 1. The van der Waals surface area contributed by atoms with Crippen molar-refractivity contribution in [1.29, 1.82) is 0 Å². The standard InChI is InChI=1S/C13H24O/c1-3-7-12(8-4-1)11-14-13-9-5-2-6-10-13/h12-13H,1-11H2. The Kier molecular flexibility index (Phi) is 4.30. The summed E-state index contributed by atoms with van der Waals surface area (Å²) in [5.74, 6) is 0.894. The van der Waals surface area contributed by atoms with E-state index in [4.69, 9.17) is 4.74 Å². The van der Waals surface area contributed by atoms with Gasteiger partial charge in [0.2, 0.25) is 0 Å². The summed E-state index contributed by atoms with van der Waals surface area (Å²) in [5.41, 5.74) is 0. The molecule has 0 N–H and O–H groups in total. The van der Waals surface area contributed by atoms with Gasteiger partial charge in [-0.3, -0.25) is 0 Å². The van der Waals surface area contributed by atoms with E-state index in [1.807, 2.05) is 0 Å². The van der Waals surface area contributed by atoms with Crippen LogP contribution in [0.4, 0.5) is 0 Å². The summed E-state index contributed by atoms with van der Waals surface area (Å²) in [7, 11) is 0. The van der Waals surface area contributed by atoms with Crippen molar-refractivity contribution in [3.63, 3.8) is 0 Å². The van der Waals surface area contributed by atoms with Crippen LogP contribution in [0.2, 0.25) is 0 Å². The topological polar surface area (TPSA) is 9.23 Å². The molecule has 2 fully saturated rings. The molecule has 1 nitrogen and oxygen atoms in total. The van der Waals surface area contributed by atoms with Crippen LogP contribution in [0.15, 0.2) is 0 Å². The second-order valence-corrected chi connectivity index (χ2v) is 5.10. The number of ether oxygens (including phenoxy) is 1. The van der Waals surface area contributed by atoms with E-state index in [2.05, 4.69) is 0 Å². The Morgan fingerprint density at radius 2 is 1.29 bits per heavy atom. The lowest BCUT2D eigenvalue weighted by atomic mass is 9.90. The fourth-order valence-corrected chi connectivity index (χ4v) is 2.86. The van der Waals surface area contributed by atoms with E-state index in [9.17, 15) is 0 Å². The highest BCUT2D eigenvalue weighted by atomic mass is 16.5. The van der Waals surface area contributed by atoms with Crippen molar-refractivity contribution in [3.05, 3.63) is 0 Å². The summed E-state index contributed by atoms with van der Waals surface area (Å²) in [6.45, 7) is 1.06. The predicted octanol–water partition coefficient (Wildman–Crippen LogP) is 3.92. The molecule has 2 aliphatic rings. The Hall–Kier alpha value is -0.0400. The van der Waals surface area contributed by atoms with E-state index >= 15 is 0 Å². The highest BCUT2D eigenvalue weighted by molar-refractivity contribution is 4.69. The minimum Gasteiger partial charge on any atom is -0.378 e. The molecule has 0 amide bonds. The van der Waals surface area contributed by atoms with E-state index in [-0.39, 0.29) is 0 Å². The van der Waals surface area contributed by atoms with Crippen molar-refractivity contribution in [1.82, 2.24) is 0 Å². The molecule has 2 aliphatic carbocycles. The molecule has 0 saturated heterocycles. The summed E-state index contributed by atoms with van der Waals surface area (Å²) in [5, 5.41) is 0. The lowest BCUT2D eigenvalue weighted by Gasteiger charge is -2.26. The van der Waals surface area contributed by atoms with Gasteiger partial charge in [0.05, 0.1) is 6.10 Å². The van der Waals surface area contributed by atoms with Crippen LogP contribution in [-0.4, -0.2) is 12.7 Å². The van der Waals surface area contributed by atoms with Gasteiger partial charge in [-0.2, -0.15) is 0 Å². The largest absolute Gasteiger partial charge is 0.378 e. The molecule has 2 saturated carbocycles. The van der Waals surface area contributed by atoms with Crippen LogP contribution in [0.3, 0.4) is 0 Å². The molecule has 0 spiro atoms. The fourth-order valence-electron chi connectivity index (χ4n) is 2.86. The zero-order valence-corrected chi connectivity index (χ0v) is 9.34. The van der Waals surface area contributed by atoms with Gasteiger partial charge in [0, 0.05) is 6.61 Å². The van der Waals surface area contributed by atoms with Crippen molar-refractivity contribution in [2.75, 3.05) is 6.61 Å². The molecule has 0 aromatic heterocycles. The van der Waals surface area contributed by atoms with Crippen LogP contribution in [0.25, 0.3) is 0 Å². The van der Waals surface area contributed by atoms with Gasteiger partial charge in [0.25, 0.3) is 0 Å².